The van der Waals surface area contributed by atoms with Crippen molar-refractivity contribution in [1.82, 2.24) is 9.80 Å². The Balaban J connectivity index is 1.94. The Morgan fingerprint density at radius 2 is 1.91 bits per heavy atom. The number of hydrogen-bond donors (Lipinski definition) is 2. The highest BCUT2D eigenvalue weighted by molar-refractivity contribution is 8.11. The fourth-order valence-electron chi connectivity index (χ4n) is 2.45. The van der Waals surface area contributed by atoms with Crippen LogP contribution >= 0.6 is 24.4 Å². The first kappa shape index (κ1) is 17.6. The van der Waals surface area contributed by atoms with Gasteiger partial charge in [0, 0.05) is 49.8 Å². The predicted octanol–water partition coefficient (Wildman–Crippen LogP) is 1.90. The lowest BCUT2D eigenvalue weighted by atomic mass is 10.3. The van der Waals surface area contributed by atoms with Crippen molar-refractivity contribution in [2.45, 2.75) is 16.0 Å². The number of nitrogens with zero attached hydrogens (tertiary/aromatic N) is 3. The number of benzene rings is 1. The molecule has 1 aromatic carbocycles. The minimum atomic E-state index is -0.394. The summed E-state index contributed by atoms with van der Waals surface area (Å²) in [6.07, 6.45) is 0. The lowest BCUT2D eigenvalue weighted by Gasteiger charge is -2.42. The topological polar surface area (TPSA) is 69.9 Å². The molecule has 122 valence electrons. The fraction of sp³-hybridized carbons (Fsp3) is 0.571. The lowest BCUT2D eigenvalue weighted by molar-refractivity contribution is -0.384. The average molecular weight is 343 g/mol. The summed E-state index contributed by atoms with van der Waals surface area (Å²) in [5.41, 5.74) is 0.0998. The number of thiol groups is 1. The Morgan fingerprint density at radius 3 is 2.41 bits per heavy atom. The molecule has 1 fully saturated rings. The van der Waals surface area contributed by atoms with Gasteiger partial charge in [0.05, 0.1) is 11.5 Å². The first-order valence-corrected chi connectivity index (χ1v) is 8.43. The van der Waals surface area contributed by atoms with Gasteiger partial charge >= 0.3 is 0 Å². The van der Waals surface area contributed by atoms with Crippen molar-refractivity contribution in [3.05, 3.63) is 34.4 Å². The lowest BCUT2D eigenvalue weighted by Crippen LogP contribution is -2.52. The SMILES string of the molecule is CC(S)(Sc1ccc([N+](=O)[O-])cc1)N1CCN(CCO)CC1. The van der Waals surface area contributed by atoms with E-state index in [9.17, 15) is 10.1 Å². The van der Waals surface area contributed by atoms with Crippen molar-refractivity contribution >= 4 is 30.1 Å². The number of thioether (sulfide) groups is 1. The first-order chi connectivity index (χ1) is 10.4. The van der Waals surface area contributed by atoms with E-state index >= 15 is 0 Å². The normalized spacial score (nSPS) is 19.8. The Kier molecular flexibility index (Phi) is 6.10. The molecule has 22 heavy (non-hydrogen) atoms. The third kappa shape index (κ3) is 4.60. The zero-order chi connectivity index (χ0) is 16.2. The molecule has 1 N–H and O–H groups in total. The van der Waals surface area contributed by atoms with E-state index in [-0.39, 0.29) is 16.5 Å². The number of non-ortho nitro benzene ring substituents is 1. The summed E-state index contributed by atoms with van der Waals surface area (Å²) in [5, 5.41) is 19.7. The van der Waals surface area contributed by atoms with E-state index in [4.69, 9.17) is 17.7 Å². The van der Waals surface area contributed by atoms with Gasteiger partial charge in [-0.1, -0.05) is 11.8 Å². The molecule has 0 saturated carbocycles. The number of nitro benzene ring substituents is 1. The van der Waals surface area contributed by atoms with Crippen molar-refractivity contribution in [3.8, 4) is 0 Å². The van der Waals surface area contributed by atoms with E-state index in [2.05, 4.69) is 9.80 Å². The van der Waals surface area contributed by atoms with Gasteiger partial charge in [-0.25, -0.2) is 0 Å². The maximum atomic E-state index is 10.7. The van der Waals surface area contributed by atoms with Crippen molar-refractivity contribution < 1.29 is 10.0 Å². The quantitative estimate of drug-likeness (QED) is 0.270. The highest BCUT2D eigenvalue weighted by Crippen LogP contribution is 2.39. The van der Waals surface area contributed by atoms with Crippen LogP contribution in [0, 0.1) is 10.1 Å². The second-order valence-electron chi connectivity index (χ2n) is 5.34. The first-order valence-electron chi connectivity index (χ1n) is 7.16. The van der Waals surface area contributed by atoms with E-state index in [1.54, 1.807) is 23.9 Å². The zero-order valence-corrected chi connectivity index (χ0v) is 14.2. The monoisotopic (exact) mass is 343 g/mol. The molecule has 2 rings (SSSR count). The molecule has 1 aromatic rings. The van der Waals surface area contributed by atoms with Gasteiger partial charge in [0.1, 0.15) is 4.20 Å². The molecule has 1 saturated heterocycles. The zero-order valence-electron chi connectivity index (χ0n) is 12.5. The number of hydrogen-bond acceptors (Lipinski definition) is 7. The maximum absolute atomic E-state index is 10.7. The van der Waals surface area contributed by atoms with Gasteiger partial charge in [-0.3, -0.25) is 19.9 Å². The molecule has 1 unspecified atom stereocenters. The number of β-amino-alcohol motifs (C(OH)–C–C–N with tert-alkyl or cyclic N) is 1. The van der Waals surface area contributed by atoms with E-state index < -0.39 is 4.92 Å². The van der Waals surface area contributed by atoms with E-state index in [0.717, 1.165) is 31.1 Å². The van der Waals surface area contributed by atoms with Crippen LogP contribution in [0.2, 0.25) is 0 Å². The molecule has 0 bridgehead atoms. The third-order valence-corrected chi connectivity index (χ3v) is 5.44. The van der Waals surface area contributed by atoms with Gasteiger partial charge in [-0.05, 0) is 19.1 Å². The smallest absolute Gasteiger partial charge is 0.269 e. The third-order valence-electron chi connectivity index (χ3n) is 3.73. The summed E-state index contributed by atoms with van der Waals surface area (Å²) in [7, 11) is 0. The van der Waals surface area contributed by atoms with Crippen molar-refractivity contribution in [3.63, 3.8) is 0 Å². The van der Waals surface area contributed by atoms with Crippen molar-refractivity contribution in [1.29, 1.82) is 0 Å². The van der Waals surface area contributed by atoms with Crippen LogP contribution in [0.4, 0.5) is 5.69 Å². The molecule has 1 aliphatic rings. The second-order valence-corrected chi connectivity index (χ2v) is 7.98. The van der Waals surface area contributed by atoms with Crippen LogP contribution in [-0.2, 0) is 0 Å². The van der Waals surface area contributed by atoms with E-state index in [1.165, 1.54) is 12.1 Å². The van der Waals surface area contributed by atoms with Crippen LogP contribution in [0.1, 0.15) is 6.92 Å². The van der Waals surface area contributed by atoms with Crippen LogP contribution in [0.3, 0.4) is 0 Å². The molecule has 1 atom stereocenters. The van der Waals surface area contributed by atoms with Crippen LogP contribution in [0.5, 0.6) is 0 Å². The van der Waals surface area contributed by atoms with Gasteiger partial charge in [0.25, 0.3) is 5.69 Å². The maximum Gasteiger partial charge on any atom is 0.269 e. The Hall–Kier alpha value is -0.800. The largest absolute Gasteiger partial charge is 0.395 e. The molecule has 0 spiro atoms. The number of piperazine rings is 1. The average Bonchev–Trinajstić information content (AvgIpc) is 2.48. The molecule has 0 radical (unpaired) electrons. The van der Waals surface area contributed by atoms with Crippen LogP contribution in [0.25, 0.3) is 0 Å². The molecule has 1 aliphatic heterocycles. The summed E-state index contributed by atoms with van der Waals surface area (Å²) in [4.78, 5) is 15.8. The minimum Gasteiger partial charge on any atom is -0.395 e. The molecule has 0 amide bonds. The summed E-state index contributed by atoms with van der Waals surface area (Å²) in [6.45, 7) is 6.56. The molecular weight excluding hydrogens is 322 g/mol. The highest BCUT2D eigenvalue weighted by Gasteiger charge is 2.31. The number of aliphatic hydroxyl groups is 1. The summed E-state index contributed by atoms with van der Waals surface area (Å²) in [5.74, 6) is 0. The Labute approximate surface area is 140 Å². The van der Waals surface area contributed by atoms with Crippen LogP contribution in [0.15, 0.2) is 29.2 Å². The van der Waals surface area contributed by atoms with Gasteiger partial charge in [0.2, 0.25) is 0 Å². The van der Waals surface area contributed by atoms with Crippen LogP contribution in [-0.4, -0.2) is 63.4 Å². The van der Waals surface area contributed by atoms with Gasteiger partial charge in [-0.15, -0.1) is 12.6 Å². The number of rotatable bonds is 6. The van der Waals surface area contributed by atoms with E-state index in [1.807, 2.05) is 6.92 Å². The summed E-state index contributed by atoms with van der Waals surface area (Å²) in [6, 6.07) is 6.56. The fourth-order valence-corrected chi connectivity index (χ4v) is 4.00. The van der Waals surface area contributed by atoms with Gasteiger partial charge in [0.15, 0.2) is 0 Å². The second kappa shape index (κ2) is 7.65. The van der Waals surface area contributed by atoms with Gasteiger partial charge < -0.3 is 5.11 Å². The highest BCUT2D eigenvalue weighted by atomic mass is 32.2. The molecule has 6 nitrogen and oxygen atoms in total. The predicted molar refractivity (Wildman–Crippen MR) is 91.4 cm³/mol. The number of aliphatic hydroxyl groups excluding tert-OH is 1. The Morgan fingerprint density at radius 1 is 1.32 bits per heavy atom. The standard InChI is InChI=1S/C14H21N3O3S2/c1-14(21,16-8-6-15(7-9-16)10-11-18)22-13-4-2-12(3-5-13)17(19)20/h2-5,18,21H,6-11H2,1H3. The number of nitro groups is 1. The molecule has 0 aromatic heterocycles. The van der Waals surface area contributed by atoms with Crippen molar-refractivity contribution in [2.24, 2.45) is 0 Å². The Bertz CT molecular complexity index is 503. The van der Waals surface area contributed by atoms with E-state index in [0.29, 0.717) is 6.54 Å². The summed E-state index contributed by atoms with van der Waals surface area (Å²) >= 11 is 6.36. The molecular formula is C14H21N3O3S2. The van der Waals surface area contributed by atoms with Crippen molar-refractivity contribution in [2.75, 3.05) is 39.3 Å². The molecule has 8 heteroatoms. The summed E-state index contributed by atoms with van der Waals surface area (Å²) < 4.78 is -0.374. The minimum absolute atomic E-state index is 0.0998. The molecule has 0 aliphatic carbocycles. The molecule has 1 heterocycles. The van der Waals surface area contributed by atoms with Gasteiger partial charge in [-0.2, -0.15) is 0 Å². The van der Waals surface area contributed by atoms with Crippen LogP contribution < -0.4 is 0 Å².